The van der Waals surface area contributed by atoms with Crippen molar-refractivity contribution in [3.8, 4) is 0 Å². The van der Waals surface area contributed by atoms with Gasteiger partial charge in [-0.1, -0.05) is 25.1 Å². The minimum Gasteiger partial charge on any atom is -0.384 e. The molecule has 2 rings (SSSR count). The standard InChI is InChI=1S/C12H18N2/c1-2-13-8-6-10-4-3-5-11-7-9-14-12(10)11/h3-5,13-14H,2,6-9H2,1H3. The third kappa shape index (κ3) is 1.90. The van der Waals surface area contributed by atoms with Crippen molar-refractivity contribution in [2.45, 2.75) is 19.8 Å². The summed E-state index contributed by atoms with van der Waals surface area (Å²) >= 11 is 0. The fourth-order valence-electron chi connectivity index (χ4n) is 2.02. The largest absolute Gasteiger partial charge is 0.384 e. The molecule has 0 unspecified atom stereocenters. The van der Waals surface area contributed by atoms with Crippen LogP contribution in [0.5, 0.6) is 0 Å². The first-order valence-corrected chi connectivity index (χ1v) is 5.47. The molecule has 0 bridgehead atoms. The number of likely N-dealkylation sites (N-methyl/N-ethyl adjacent to an activating group) is 1. The van der Waals surface area contributed by atoms with Crippen molar-refractivity contribution in [1.82, 2.24) is 5.32 Å². The zero-order chi connectivity index (χ0) is 9.80. The lowest BCUT2D eigenvalue weighted by Gasteiger charge is -2.08. The monoisotopic (exact) mass is 190 g/mol. The van der Waals surface area contributed by atoms with Crippen LogP contribution in [0.1, 0.15) is 18.1 Å². The van der Waals surface area contributed by atoms with Crippen LogP contribution in [0.15, 0.2) is 18.2 Å². The fourth-order valence-corrected chi connectivity index (χ4v) is 2.02. The van der Waals surface area contributed by atoms with Crippen molar-refractivity contribution in [3.63, 3.8) is 0 Å². The zero-order valence-corrected chi connectivity index (χ0v) is 8.77. The van der Waals surface area contributed by atoms with E-state index in [4.69, 9.17) is 0 Å². The topological polar surface area (TPSA) is 24.1 Å². The van der Waals surface area contributed by atoms with Gasteiger partial charge in [-0.05, 0) is 37.1 Å². The van der Waals surface area contributed by atoms with Crippen molar-refractivity contribution in [3.05, 3.63) is 29.3 Å². The Morgan fingerprint density at radius 2 is 2.36 bits per heavy atom. The minimum atomic E-state index is 1.06. The molecule has 0 amide bonds. The molecule has 0 aliphatic carbocycles. The summed E-state index contributed by atoms with van der Waals surface area (Å²) in [6, 6.07) is 6.63. The van der Waals surface area contributed by atoms with Crippen LogP contribution in [0.25, 0.3) is 0 Å². The second-order valence-corrected chi connectivity index (χ2v) is 3.73. The van der Waals surface area contributed by atoms with Crippen LogP contribution < -0.4 is 10.6 Å². The Morgan fingerprint density at radius 3 is 3.21 bits per heavy atom. The molecule has 1 aromatic rings. The molecule has 1 aromatic carbocycles. The van der Waals surface area contributed by atoms with E-state index in [1.807, 2.05) is 0 Å². The van der Waals surface area contributed by atoms with Crippen LogP contribution in [0.4, 0.5) is 5.69 Å². The summed E-state index contributed by atoms with van der Waals surface area (Å²) in [5.74, 6) is 0. The van der Waals surface area contributed by atoms with Crippen LogP contribution in [0.3, 0.4) is 0 Å². The van der Waals surface area contributed by atoms with Gasteiger partial charge in [0.2, 0.25) is 0 Å². The first kappa shape index (κ1) is 9.53. The van der Waals surface area contributed by atoms with Gasteiger partial charge in [-0.25, -0.2) is 0 Å². The molecular weight excluding hydrogens is 172 g/mol. The Hall–Kier alpha value is -1.02. The van der Waals surface area contributed by atoms with Gasteiger partial charge in [-0.2, -0.15) is 0 Å². The number of para-hydroxylation sites is 1. The van der Waals surface area contributed by atoms with Gasteiger partial charge in [0.25, 0.3) is 0 Å². The SMILES string of the molecule is CCNCCc1cccc2c1NCC2. The van der Waals surface area contributed by atoms with Gasteiger partial charge in [-0.3, -0.25) is 0 Å². The normalized spacial score (nSPS) is 13.8. The fraction of sp³-hybridized carbons (Fsp3) is 0.500. The van der Waals surface area contributed by atoms with E-state index in [0.717, 1.165) is 26.1 Å². The first-order valence-electron chi connectivity index (χ1n) is 5.47. The molecule has 1 aliphatic rings. The first-order chi connectivity index (χ1) is 6.92. The summed E-state index contributed by atoms with van der Waals surface area (Å²) in [6.45, 7) is 5.39. The van der Waals surface area contributed by atoms with E-state index in [1.54, 1.807) is 0 Å². The van der Waals surface area contributed by atoms with Crippen molar-refractivity contribution < 1.29 is 0 Å². The van der Waals surface area contributed by atoms with Crippen LogP contribution in [0.2, 0.25) is 0 Å². The average Bonchev–Trinajstić information content (AvgIpc) is 2.67. The van der Waals surface area contributed by atoms with Crippen LogP contribution >= 0.6 is 0 Å². The Labute approximate surface area is 85.7 Å². The highest BCUT2D eigenvalue weighted by molar-refractivity contribution is 5.61. The average molecular weight is 190 g/mol. The lowest BCUT2D eigenvalue weighted by Crippen LogP contribution is -2.16. The number of hydrogen-bond acceptors (Lipinski definition) is 2. The summed E-state index contributed by atoms with van der Waals surface area (Å²) < 4.78 is 0. The van der Waals surface area contributed by atoms with Crippen molar-refractivity contribution >= 4 is 5.69 Å². The Bertz CT molecular complexity index is 307. The van der Waals surface area contributed by atoms with Gasteiger partial charge in [0.05, 0.1) is 0 Å². The van der Waals surface area contributed by atoms with Gasteiger partial charge in [0, 0.05) is 12.2 Å². The molecule has 2 N–H and O–H groups in total. The summed E-state index contributed by atoms with van der Waals surface area (Å²) in [5, 5.41) is 6.83. The van der Waals surface area contributed by atoms with Crippen molar-refractivity contribution in [1.29, 1.82) is 0 Å². The molecular formula is C12H18N2. The van der Waals surface area contributed by atoms with Crippen molar-refractivity contribution in [2.24, 2.45) is 0 Å². The molecule has 0 aromatic heterocycles. The summed E-state index contributed by atoms with van der Waals surface area (Å²) in [4.78, 5) is 0. The van der Waals surface area contributed by atoms with Crippen LogP contribution in [0, 0.1) is 0 Å². The maximum absolute atomic E-state index is 3.47. The van der Waals surface area contributed by atoms with Gasteiger partial charge < -0.3 is 10.6 Å². The van der Waals surface area contributed by atoms with E-state index < -0.39 is 0 Å². The molecule has 0 radical (unpaired) electrons. The molecule has 0 spiro atoms. The predicted molar refractivity (Wildman–Crippen MR) is 60.9 cm³/mol. The van der Waals surface area contributed by atoms with E-state index in [-0.39, 0.29) is 0 Å². The molecule has 76 valence electrons. The second kappa shape index (κ2) is 4.47. The number of nitrogens with one attached hydrogen (secondary N) is 2. The quantitative estimate of drug-likeness (QED) is 0.708. The maximum Gasteiger partial charge on any atom is 0.0406 e. The second-order valence-electron chi connectivity index (χ2n) is 3.73. The molecule has 1 aliphatic heterocycles. The molecule has 2 nitrogen and oxygen atoms in total. The molecule has 0 saturated heterocycles. The minimum absolute atomic E-state index is 1.06. The molecule has 1 heterocycles. The molecule has 14 heavy (non-hydrogen) atoms. The predicted octanol–water partition coefficient (Wildman–Crippen LogP) is 1.81. The lowest BCUT2D eigenvalue weighted by molar-refractivity contribution is 0.717. The van der Waals surface area contributed by atoms with E-state index in [1.165, 1.54) is 23.2 Å². The Balaban J connectivity index is 2.06. The molecule has 0 fully saturated rings. The third-order valence-electron chi connectivity index (χ3n) is 2.75. The number of anilines is 1. The van der Waals surface area contributed by atoms with Crippen molar-refractivity contribution in [2.75, 3.05) is 25.0 Å². The highest BCUT2D eigenvalue weighted by Gasteiger charge is 2.12. The molecule has 2 heteroatoms. The highest BCUT2D eigenvalue weighted by Crippen LogP contribution is 2.26. The molecule has 0 atom stereocenters. The highest BCUT2D eigenvalue weighted by atomic mass is 14.9. The van der Waals surface area contributed by atoms with Crippen LogP contribution in [-0.4, -0.2) is 19.6 Å². The molecule has 0 saturated carbocycles. The number of rotatable bonds is 4. The van der Waals surface area contributed by atoms with E-state index in [9.17, 15) is 0 Å². The van der Waals surface area contributed by atoms with Crippen LogP contribution in [-0.2, 0) is 12.8 Å². The summed E-state index contributed by atoms with van der Waals surface area (Å²) in [7, 11) is 0. The number of fused-ring (bicyclic) bond motifs is 1. The maximum atomic E-state index is 3.47. The number of hydrogen-bond donors (Lipinski definition) is 2. The van der Waals surface area contributed by atoms with Gasteiger partial charge in [0.15, 0.2) is 0 Å². The number of benzene rings is 1. The summed E-state index contributed by atoms with van der Waals surface area (Å²) in [6.07, 6.45) is 2.31. The van der Waals surface area contributed by atoms with Gasteiger partial charge in [-0.15, -0.1) is 0 Å². The van der Waals surface area contributed by atoms with Gasteiger partial charge in [0.1, 0.15) is 0 Å². The Kier molecular flexibility index (Phi) is 3.04. The third-order valence-corrected chi connectivity index (χ3v) is 2.75. The zero-order valence-electron chi connectivity index (χ0n) is 8.77. The Morgan fingerprint density at radius 1 is 1.43 bits per heavy atom. The van der Waals surface area contributed by atoms with E-state index in [0.29, 0.717) is 0 Å². The van der Waals surface area contributed by atoms with E-state index in [2.05, 4.69) is 35.8 Å². The van der Waals surface area contributed by atoms with E-state index >= 15 is 0 Å². The van der Waals surface area contributed by atoms with Gasteiger partial charge >= 0.3 is 0 Å². The smallest absolute Gasteiger partial charge is 0.0406 e. The lowest BCUT2D eigenvalue weighted by atomic mass is 10.1. The summed E-state index contributed by atoms with van der Waals surface area (Å²) in [5.41, 5.74) is 4.34.